The van der Waals surface area contributed by atoms with Gasteiger partial charge in [0.2, 0.25) is 5.89 Å². The Morgan fingerprint density at radius 1 is 1.16 bits per heavy atom. The predicted octanol–water partition coefficient (Wildman–Crippen LogP) is 4.62. The molecule has 0 aliphatic carbocycles. The Balaban J connectivity index is 1.85. The number of carbonyl (C=O) groups excluding carboxylic acids is 1. The number of oxazole rings is 1. The van der Waals surface area contributed by atoms with Gasteiger partial charge in [0.05, 0.1) is 30.5 Å². The first-order valence-corrected chi connectivity index (χ1v) is 12.0. The van der Waals surface area contributed by atoms with E-state index in [0.29, 0.717) is 33.6 Å². The summed E-state index contributed by atoms with van der Waals surface area (Å²) < 4.78 is 28.8. The van der Waals surface area contributed by atoms with Crippen molar-refractivity contribution in [3.8, 4) is 17.2 Å². The van der Waals surface area contributed by atoms with E-state index >= 15 is 0 Å². The highest BCUT2D eigenvalue weighted by Crippen LogP contribution is 2.38. The molecule has 1 saturated heterocycles. The Labute approximate surface area is 214 Å². The van der Waals surface area contributed by atoms with Crippen LogP contribution in [-0.2, 0) is 14.0 Å². The average molecular weight is 511 g/mol. The summed E-state index contributed by atoms with van der Waals surface area (Å²) in [5.41, 5.74) is 0.250. The molecule has 3 aromatic rings. The number of rotatable bonds is 7. The number of benzene rings is 1. The molecular weight excluding hydrogens is 481 g/mol. The Hall–Kier alpha value is -3.64. The maximum Gasteiger partial charge on any atom is 0.496 e. The van der Waals surface area contributed by atoms with Gasteiger partial charge in [-0.25, -0.2) is 19.6 Å². The molecule has 0 unspecified atom stereocenters. The summed E-state index contributed by atoms with van der Waals surface area (Å²) >= 11 is 0. The molecule has 2 amide bonds. The Morgan fingerprint density at radius 2 is 1.86 bits per heavy atom. The van der Waals surface area contributed by atoms with Crippen LogP contribution >= 0.6 is 0 Å². The molecule has 0 radical (unpaired) electrons. The number of para-hydroxylation sites is 1. The van der Waals surface area contributed by atoms with Gasteiger partial charge < -0.3 is 28.3 Å². The number of carboxylic acid groups (broad SMARTS) is 1. The summed E-state index contributed by atoms with van der Waals surface area (Å²) in [5, 5.41) is 9.93. The second-order valence-corrected chi connectivity index (χ2v) is 9.64. The highest BCUT2D eigenvalue weighted by molar-refractivity contribution is 6.62. The zero-order valence-corrected chi connectivity index (χ0v) is 21.7. The van der Waals surface area contributed by atoms with Crippen molar-refractivity contribution in [1.82, 2.24) is 9.97 Å². The SMILES string of the molecule is CCCCOC(=O)N(C(=O)O)c1ncc(B2OC(C)(C)C(C)(C)O2)cc1-c1nc2cccc(OC)c2o1. The quantitative estimate of drug-likeness (QED) is 0.354. The highest BCUT2D eigenvalue weighted by Gasteiger charge is 2.52. The molecule has 1 N–H and O–H groups in total. The van der Waals surface area contributed by atoms with Crippen LogP contribution in [0, 0.1) is 0 Å². The van der Waals surface area contributed by atoms with Crippen LogP contribution in [0.3, 0.4) is 0 Å². The lowest BCUT2D eigenvalue weighted by atomic mass is 9.79. The first kappa shape index (κ1) is 26.4. The third-order valence-electron chi connectivity index (χ3n) is 6.55. The van der Waals surface area contributed by atoms with Crippen LogP contribution in [0.25, 0.3) is 22.6 Å². The van der Waals surface area contributed by atoms with Crippen molar-refractivity contribution in [2.45, 2.75) is 58.7 Å². The number of methoxy groups -OCH3 is 1. The number of hydrogen-bond donors (Lipinski definition) is 1. The molecule has 0 saturated carbocycles. The van der Waals surface area contributed by atoms with Gasteiger partial charge in [-0.3, -0.25) is 0 Å². The van der Waals surface area contributed by atoms with E-state index in [2.05, 4.69) is 9.97 Å². The summed E-state index contributed by atoms with van der Waals surface area (Å²) in [6.07, 6.45) is 0.126. The average Bonchev–Trinajstić information content (AvgIpc) is 3.36. The van der Waals surface area contributed by atoms with E-state index in [1.54, 1.807) is 24.3 Å². The molecule has 2 aromatic heterocycles. The number of pyridine rings is 1. The molecule has 196 valence electrons. The minimum atomic E-state index is -1.56. The second-order valence-electron chi connectivity index (χ2n) is 9.64. The number of hydrogen-bond acceptors (Lipinski definition) is 9. The van der Waals surface area contributed by atoms with E-state index in [-0.39, 0.29) is 23.9 Å². The first-order valence-electron chi connectivity index (χ1n) is 12.0. The van der Waals surface area contributed by atoms with Crippen LogP contribution < -0.4 is 15.1 Å². The lowest BCUT2D eigenvalue weighted by Gasteiger charge is -2.32. The second kappa shape index (κ2) is 10.0. The van der Waals surface area contributed by atoms with Crippen molar-refractivity contribution in [2.24, 2.45) is 0 Å². The monoisotopic (exact) mass is 511 g/mol. The summed E-state index contributed by atoms with van der Waals surface area (Å²) in [5.74, 6) is 0.259. The van der Waals surface area contributed by atoms with Crippen molar-refractivity contribution in [3.05, 3.63) is 30.5 Å². The first-order chi connectivity index (χ1) is 17.5. The number of anilines is 1. The predicted molar refractivity (Wildman–Crippen MR) is 136 cm³/mol. The molecule has 0 bridgehead atoms. The molecule has 11 nitrogen and oxygen atoms in total. The van der Waals surface area contributed by atoms with Gasteiger partial charge in [-0.1, -0.05) is 19.4 Å². The zero-order valence-electron chi connectivity index (χ0n) is 21.7. The van der Waals surface area contributed by atoms with Gasteiger partial charge in [-0.15, -0.1) is 0 Å². The molecule has 0 atom stereocenters. The van der Waals surface area contributed by atoms with E-state index in [1.807, 2.05) is 34.6 Å². The van der Waals surface area contributed by atoms with Crippen molar-refractivity contribution in [1.29, 1.82) is 0 Å². The van der Waals surface area contributed by atoms with Crippen LogP contribution in [0.2, 0.25) is 0 Å². The molecule has 12 heteroatoms. The minimum Gasteiger partial charge on any atom is -0.493 e. The number of unbranched alkanes of at least 4 members (excludes halogenated alkanes) is 1. The topological polar surface area (TPSA) is 133 Å². The molecular formula is C25H30BN3O8. The maximum atomic E-state index is 12.8. The summed E-state index contributed by atoms with van der Waals surface area (Å²) in [7, 11) is 0.709. The van der Waals surface area contributed by atoms with Crippen molar-refractivity contribution in [3.63, 3.8) is 0 Å². The van der Waals surface area contributed by atoms with E-state index in [0.717, 1.165) is 6.42 Å². The largest absolute Gasteiger partial charge is 0.496 e. The standard InChI is InChI=1S/C25H30BN3O8/c1-7-8-12-34-23(32)29(22(30)31)20-16(21-28-17-10-9-11-18(33-6)19(17)35-21)13-15(14-27-20)26-36-24(2,3)25(4,5)37-26/h9-11,13-14H,7-8,12H2,1-6H3,(H,30,31). The van der Waals surface area contributed by atoms with Gasteiger partial charge in [-0.2, -0.15) is 4.90 Å². The lowest BCUT2D eigenvalue weighted by Crippen LogP contribution is -2.41. The number of amides is 2. The minimum absolute atomic E-state index is 0.0352. The van der Waals surface area contributed by atoms with Crippen LogP contribution in [-0.4, -0.2) is 59.3 Å². The molecule has 4 rings (SSSR count). The summed E-state index contributed by atoms with van der Waals surface area (Å²) in [4.78, 5) is 34.3. The number of imide groups is 1. The van der Waals surface area contributed by atoms with Crippen molar-refractivity contribution >= 4 is 41.7 Å². The molecule has 1 fully saturated rings. The maximum absolute atomic E-state index is 12.8. The van der Waals surface area contributed by atoms with Gasteiger partial charge in [0.1, 0.15) is 5.52 Å². The van der Waals surface area contributed by atoms with Crippen molar-refractivity contribution < 1.29 is 37.9 Å². The fourth-order valence-corrected chi connectivity index (χ4v) is 3.74. The molecule has 0 spiro atoms. The Morgan fingerprint density at radius 3 is 2.49 bits per heavy atom. The normalized spacial score (nSPS) is 16.1. The number of carbonyl (C=O) groups is 2. The van der Waals surface area contributed by atoms with Gasteiger partial charge in [-0.05, 0) is 52.3 Å². The number of nitrogens with zero attached hydrogens (tertiary/aromatic N) is 3. The number of ether oxygens (including phenoxy) is 2. The number of aromatic nitrogens is 2. The van der Waals surface area contributed by atoms with Gasteiger partial charge in [0, 0.05) is 11.7 Å². The van der Waals surface area contributed by atoms with E-state index in [1.165, 1.54) is 13.3 Å². The lowest BCUT2D eigenvalue weighted by molar-refractivity contribution is 0.00578. The van der Waals surface area contributed by atoms with E-state index in [4.69, 9.17) is 23.2 Å². The van der Waals surface area contributed by atoms with Gasteiger partial charge in [0.25, 0.3) is 0 Å². The highest BCUT2D eigenvalue weighted by atomic mass is 16.7. The smallest absolute Gasteiger partial charge is 0.493 e. The third kappa shape index (κ3) is 4.99. The summed E-state index contributed by atoms with van der Waals surface area (Å²) in [6.45, 7) is 9.67. The van der Waals surface area contributed by atoms with E-state index < -0.39 is 30.5 Å². The van der Waals surface area contributed by atoms with E-state index in [9.17, 15) is 14.7 Å². The Kier molecular flexibility index (Phi) is 7.16. The van der Waals surface area contributed by atoms with Crippen LogP contribution in [0.15, 0.2) is 34.9 Å². The summed E-state index contributed by atoms with van der Waals surface area (Å²) in [6, 6.07) is 6.79. The molecule has 1 aliphatic heterocycles. The van der Waals surface area contributed by atoms with Crippen LogP contribution in [0.1, 0.15) is 47.5 Å². The van der Waals surface area contributed by atoms with Gasteiger partial charge >= 0.3 is 19.3 Å². The van der Waals surface area contributed by atoms with Gasteiger partial charge in [0.15, 0.2) is 17.2 Å². The third-order valence-corrected chi connectivity index (χ3v) is 6.55. The van der Waals surface area contributed by atoms with Crippen LogP contribution in [0.5, 0.6) is 5.75 Å². The molecule has 1 aliphatic rings. The fraction of sp³-hybridized carbons (Fsp3) is 0.440. The number of fused-ring (bicyclic) bond motifs is 1. The Bertz CT molecular complexity index is 1310. The van der Waals surface area contributed by atoms with Crippen molar-refractivity contribution in [2.75, 3.05) is 18.6 Å². The molecule has 3 heterocycles. The fourth-order valence-electron chi connectivity index (χ4n) is 3.74. The zero-order chi connectivity index (χ0) is 27.0. The van der Waals surface area contributed by atoms with Crippen LogP contribution in [0.4, 0.5) is 15.4 Å². The molecule has 1 aromatic carbocycles. The molecule has 37 heavy (non-hydrogen) atoms.